The van der Waals surface area contributed by atoms with E-state index in [4.69, 9.17) is 4.42 Å². The summed E-state index contributed by atoms with van der Waals surface area (Å²) in [5.41, 5.74) is 0.376. The Labute approximate surface area is 171 Å². The number of carbonyl (C=O) groups excluding carboxylic acids is 1. The predicted octanol–water partition coefficient (Wildman–Crippen LogP) is 2.65. The molecule has 0 aliphatic rings. The van der Waals surface area contributed by atoms with Gasteiger partial charge in [0.25, 0.3) is 11.6 Å². The van der Waals surface area contributed by atoms with Crippen LogP contribution in [-0.4, -0.2) is 35.2 Å². The summed E-state index contributed by atoms with van der Waals surface area (Å²) in [6.07, 6.45) is 2.54. The van der Waals surface area contributed by atoms with Crippen LogP contribution in [0.2, 0.25) is 0 Å². The van der Waals surface area contributed by atoms with Crippen LogP contribution in [0.1, 0.15) is 11.5 Å². The average molecular weight is 428 g/mol. The molecule has 154 valence electrons. The molecular formula is C19H16N4O6S. The van der Waals surface area contributed by atoms with Crippen molar-refractivity contribution in [2.75, 3.05) is 11.1 Å². The average Bonchev–Trinajstić information content (AvgIpc) is 3.19. The van der Waals surface area contributed by atoms with Crippen LogP contribution in [0.15, 0.2) is 70.0 Å². The van der Waals surface area contributed by atoms with E-state index >= 15 is 0 Å². The third-order valence-electron chi connectivity index (χ3n) is 3.89. The molecule has 0 saturated heterocycles. The number of nitro groups is 1. The highest BCUT2D eigenvalue weighted by Crippen LogP contribution is 2.15. The van der Waals surface area contributed by atoms with Crippen LogP contribution in [0.3, 0.4) is 0 Å². The maximum Gasteiger partial charge on any atom is 0.322 e. The monoisotopic (exact) mass is 428 g/mol. The van der Waals surface area contributed by atoms with Gasteiger partial charge in [-0.25, -0.2) is 8.42 Å². The first-order valence-corrected chi connectivity index (χ1v) is 10.3. The molecule has 0 radical (unpaired) electrons. The van der Waals surface area contributed by atoms with Crippen molar-refractivity contribution in [2.45, 2.75) is 11.3 Å². The van der Waals surface area contributed by atoms with Gasteiger partial charge in [-0.2, -0.15) is 0 Å². The molecule has 0 atom stereocenters. The van der Waals surface area contributed by atoms with E-state index in [0.29, 0.717) is 5.56 Å². The number of rotatable bonds is 8. The smallest absolute Gasteiger partial charge is 0.322 e. The highest BCUT2D eigenvalue weighted by molar-refractivity contribution is 7.91. The number of benzene rings is 2. The summed E-state index contributed by atoms with van der Waals surface area (Å²) in [6.45, 7) is 0. The van der Waals surface area contributed by atoms with Crippen molar-refractivity contribution in [3.8, 4) is 0 Å². The molecule has 1 amide bonds. The number of nitro benzene ring substituents is 1. The third kappa shape index (κ3) is 5.58. The Kier molecular flexibility index (Phi) is 6.32. The van der Waals surface area contributed by atoms with E-state index in [1.54, 1.807) is 24.3 Å². The largest absolute Gasteiger partial charge is 0.408 e. The summed E-state index contributed by atoms with van der Waals surface area (Å²) in [4.78, 5) is 22.4. The molecule has 0 bridgehead atoms. The van der Waals surface area contributed by atoms with Gasteiger partial charge < -0.3 is 4.42 Å². The van der Waals surface area contributed by atoms with Crippen molar-refractivity contribution in [2.24, 2.45) is 0 Å². The summed E-state index contributed by atoms with van der Waals surface area (Å²) >= 11 is 0. The van der Waals surface area contributed by atoms with Crippen molar-refractivity contribution in [3.05, 3.63) is 82.2 Å². The fraction of sp³-hybridized carbons (Fsp3) is 0.105. The molecule has 10 nitrogen and oxygen atoms in total. The number of nitrogens with zero attached hydrogens (tertiary/aromatic N) is 3. The molecule has 11 heteroatoms. The zero-order valence-corrected chi connectivity index (χ0v) is 16.3. The molecule has 0 spiro atoms. The summed E-state index contributed by atoms with van der Waals surface area (Å²) in [7, 11) is -3.50. The molecule has 1 heterocycles. The Hall–Kier alpha value is -3.86. The minimum atomic E-state index is -3.50. The summed E-state index contributed by atoms with van der Waals surface area (Å²) in [6, 6.07) is 13.6. The van der Waals surface area contributed by atoms with E-state index in [1.807, 2.05) is 0 Å². The maximum atomic E-state index is 12.3. The molecule has 0 unspecified atom stereocenters. The van der Waals surface area contributed by atoms with E-state index in [-0.39, 0.29) is 34.7 Å². The number of carbonyl (C=O) groups is 1. The molecule has 0 fully saturated rings. The van der Waals surface area contributed by atoms with Gasteiger partial charge in [-0.3, -0.25) is 20.2 Å². The zero-order chi connectivity index (χ0) is 21.6. The molecular weight excluding hydrogens is 412 g/mol. The number of hydrogen-bond donors (Lipinski definition) is 1. The molecule has 1 N–H and O–H groups in total. The van der Waals surface area contributed by atoms with Crippen LogP contribution in [-0.2, 0) is 21.1 Å². The highest BCUT2D eigenvalue weighted by atomic mass is 32.2. The van der Waals surface area contributed by atoms with Gasteiger partial charge >= 0.3 is 6.01 Å². The van der Waals surface area contributed by atoms with E-state index in [1.165, 1.54) is 36.4 Å². The number of sulfone groups is 1. The second-order valence-electron chi connectivity index (χ2n) is 6.06. The van der Waals surface area contributed by atoms with Crippen molar-refractivity contribution < 1.29 is 22.6 Å². The van der Waals surface area contributed by atoms with Crippen LogP contribution in [0.5, 0.6) is 0 Å². The minimum Gasteiger partial charge on any atom is -0.408 e. The SMILES string of the molecule is O=C(C=Cc1cccc([N+](=O)[O-])c1)Nc1nnc(CCS(=O)(=O)c2ccccc2)o1. The molecule has 1 aromatic heterocycles. The quantitative estimate of drug-likeness (QED) is 0.327. The molecule has 0 aliphatic heterocycles. The van der Waals surface area contributed by atoms with Crippen molar-refractivity contribution in [1.82, 2.24) is 10.2 Å². The fourth-order valence-corrected chi connectivity index (χ4v) is 3.68. The maximum absolute atomic E-state index is 12.3. The minimum absolute atomic E-state index is 0.0103. The van der Waals surface area contributed by atoms with Crippen molar-refractivity contribution in [1.29, 1.82) is 0 Å². The number of anilines is 1. The van der Waals surface area contributed by atoms with Gasteiger partial charge in [0.1, 0.15) is 0 Å². The van der Waals surface area contributed by atoms with E-state index in [9.17, 15) is 23.3 Å². The second kappa shape index (κ2) is 9.09. The first-order chi connectivity index (χ1) is 14.3. The van der Waals surface area contributed by atoms with Crippen LogP contribution < -0.4 is 5.32 Å². The fourth-order valence-electron chi connectivity index (χ4n) is 2.43. The van der Waals surface area contributed by atoms with Crippen LogP contribution in [0.25, 0.3) is 6.08 Å². The van der Waals surface area contributed by atoms with E-state index < -0.39 is 20.7 Å². The number of non-ortho nitro benzene ring substituents is 1. The summed E-state index contributed by atoms with van der Waals surface area (Å²) in [5.74, 6) is -0.750. The summed E-state index contributed by atoms with van der Waals surface area (Å²) in [5, 5.41) is 20.5. The van der Waals surface area contributed by atoms with Crippen molar-refractivity contribution >= 4 is 33.5 Å². The van der Waals surface area contributed by atoms with Gasteiger partial charge in [-0.05, 0) is 23.8 Å². The predicted molar refractivity (Wildman–Crippen MR) is 107 cm³/mol. The normalized spacial score (nSPS) is 11.5. The number of hydrogen-bond acceptors (Lipinski definition) is 8. The van der Waals surface area contributed by atoms with E-state index in [2.05, 4.69) is 15.5 Å². The number of aryl methyl sites for hydroxylation is 1. The Balaban J connectivity index is 1.57. The molecule has 3 aromatic rings. The second-order valence-corrected chi connectivity index (χ2v) is 8.17. The molecule has 3 rings (SSSR count). The van der Waals surface area contributed by atoms with E-state index in [0.717, 1.165) is 6.08 Å². The van der Waals surface area contributed by atoms with Gasteiger partial charge in [0.2, 0.25) is 5.89 Å². The Morgan fingerprint density at radius 2 is 1.90 bits per heavy atom. The summed E-state index contributed by atoms with van der Waals surface area (Å²) < 4.78 is 29.8. The highest BCUT2D eigenvalue weighted by Gasteiger charge is 2.16. The molecule has 0 aliphatic carbocycles. The first-order valence-electron chi connectivity index (χ1n) is 8.67. The molecule has 30 heavy (non-hydrogen) atoms. The van der Waals surface area contributed by atoms with Gasteiger partial charge in [-0.15, -0.1) is 5.10 Å². The molecule has 2 aromatic carbocycles. The van der Waals surface area contributed by atoms with Gasteiger partial charge in [0, 0.05) is 24.6 Å². The Morgan fingerprint density at radius 1 is 1.13 bits per heavy atom. The Morgan fingerprint density at radius 3 is 2.63 bits per heavy atom. The lowest BCUT2D eigenvalue weighted by Crippen LogP contribution is -2.09. The lowest BCUT2D eigenvalue weighted by Gasteiger charge is -2.01. The van der Waals surface area contributed by atoms with Gasteiger partial charge in [-0.1, -0.05) is 35.4 Å². The molecule has 0 saturated carbocycles. The van der Waals surface area contributed by atoms with Crippen LogP contribution in [0.4, 0.5) is 11.7 Å². The Bertz CT molecular complexity index is 1190. The van der Waals surface area contributed by atoms with Gasteiger partial charge in [0.15, 0.2) is 9.84 Å². The topological polar surface area (TPSA) is 145 Å². The van der Waals surface area contributed by atoms with Crippen LogP contribution >= 0.6 is 0 Å². The lowest BCUT2D eigenvalue weighted by molar-refractivity contribution is -0.384. The van der Waals surface area contributed by atoms with Crippen LogP contribution in [0, 0.1) is 10.1 Å². The number of aromatic nitrogens is 2. The van der Waals surface area contributed by atoms with Gasteiger partial charge in [0.05, 0.1) is 15.6 Å². The standard InChI is InChI=1S/C19H16N4O6S/c24-17(10-9-14-5-4-6-15(13-14)23(25)26)20-19-22-21-18(29-19)11-12-30(27,28)16-7-2-1-3-8-16/h1-10,13H,11-12H2,(H,20,22,24). The third-order valence-corrected chi connectivity index (χ3v) is 5.62. The zero-order valence-electron chi connectivity index (χ0n) is 15.5. The number of amides is 1. The first kappa shape index (κ1) is 20.9. The lowest BCUT2D eigenvalue weighted by atomic mass is 10.2. The number of nitrogens with one attached hydrogen (secondary N) is 1. The van der Waals surface area contributed by atoms with Crippen molar-refractivity contribution in [3.63, 3.8) is 0 Å².